The van der Waals surface area contributed by atoms with E-state index >= 15 is 0 Å². The molecule has 0 fully saturated rings. The van der Waals surface area contributed by atoms with Gasteiger partial charge < -0.3 is 10.2 Å². The Morgan fingerprint density at radius 3 is 2.47 bits per heavy atom. The Morgan fingerprint density at radius 2 is 2.00 bits per heavy atom. The van der Waals surface area contributed by atoms with E-state index in [1.165, 1.54) is 5.56 Å². The van der Waals surface area contributed by atoms with Crippen LogP contribution < -0.4 is 10.2 Å². The molecular formula is C16H29N3. The average molecular weight is 263 g/mol. The second-order valence-corrected chi connectivity index (χ2v) is 6.54. The SMILES string of the molecule is CCCNC(C)c1ccc(N(C)CC(C)(C)C)nc1. The third kappa shape index (κ3) is 5.60. The van der Waals surface area contributed by atoms with Gasteiger partial charge in [-0.25, -0.2) is 4.98 Å². The molecule has 0 aliphatic rings. The summed E-state index contributed by atoms with van der Waals surface area (Å²) in [6.45, 7) is 13.2. The van der Waals surface area contributed by atoms with E-state index in [1.807, 2.05) is 6.20 Å². The van der Waals surface area contributed by atoms with Gasteiger partial charge in [0.1, 0.15) is 5.82 Å². The number of pyridine rings is 1. The van der Waals surface area contributed by atoms with Gasteiger partial charge in [0.25, 0.3) is 0 Å². The Balaban J connectivity index is 2.65. The van der Waals surface area contributed by atoms with Crippen LogP contribution in [0.25, 0.3) is 0 Å². The van der Waals surface area contributed by atoms with Gasteiger partial charge >= 0.3 is 0 Å². The quantitative estimate of drug-likeness (QED) is 0.849. The smallest absolute Gasteiger partial charge is 0.128 e. The number of hydrogen-bond donors (Lipinski definition) is 1. The van der Waals surface area contributed by atoms with E-state index in [-0.39, 0.29) is 5.41 Å². The number of nitrogens with one attached hydrogen (secondary N) is 1. The lowest BCUT2D eigenvalue weighted by Gasteiger charge is -2.27. The van der Waals surface area contributed by atoms with Gasteiger partial charge in [-0.1, -0.05) is 33.8 Å². The number of hydrogen-bond acceptors (Lipinski definition) is 3. The second-order valence-electron chi connectivity index (χ2n) is 6.54. The fourth-order valence-electron chi connectivity index (χ4n) is 2.15. The zero-order chi connectivity index (χ0) is 14.5. The van der Waals surface area contributed by atoms with E-state index in [0.29, 0.717) is 6.04 Å². The van der Waals surface area contributed by atoms with Crippen molar-refractivity contribution < 1.29 is 0 Å². The summed E-state index contributed by atoms with van der Waals surface area (Å²) in [6, 6.07) is 4.66. The molecule has 0 aromatic carbocycles. The van der Waals surface area contributed by atoms with Crippen LogP contribution in [0.15, 0.2) is 18.3 Å². The first-order valence-corrected chi connectivity index (χ1v) is 7.24. The third-order valence-corrected chi connectivity index (χ3v) is 3.07. The molecule has 19 heavy (non-hydrogen) atoms. The standard InChI is InChI=1S/C16H29N3/c1-7-10-17-13(2)14-8-9-15(18-11-14)19(6)12-16(3,4)5/h8-9,11,13,17H,7,10,12H2,1-6H3. The van der Waals surface area contributed by atoms with E-state index in [4.69, 9.17) is 0 Å². The maximum atomic E-state index is 4.58. The molecule has 0 radical (unpaired) electrons. The van der Waals surface area contributed by atoms with Crippen molar-refractivity contribution in [1.29, 1.82) is 0 Å². The molecule has 1 heterocycles. The fraction of sp³-hybridized carbons (Fsp3) is 0.688. The molecule has 3 heteroatoms. The average Bonchev–Trinajstić information content (AvgIpc) is 2.34. The van der Waals surface area contributed by atoms with Crippen molar-refractivity contribution >= 4 is 5.82 Å². The monoisotopic (exact) mass is 263 g/mol. The Hall–Kier alpha value is -1.09. The normalized spacial score (nSPS) is 13.4. The molecule has 1 aromatic heterocycles. The van der Waals surface area contributed by atoms with Crippen LogP contribution in [0.5, 0.6) is 0 Å². The highest BCUT2D eigenvalue weighted by Gasteiger charge is 2.15. The highest BCUT2D eigenvalue weighted by molar-refractivity contribution is 5.39. The van der Waals surface area contributed by atoms with Crippen LogP contribution in [0.2, 0.25) is 0 Å². The molecule has 1 atom stereocenters. The van der Waals surface area contributed by atoms with Gasteiger partial charge in [-0.2, -0.15) is 0 Å². The number of rotatable bonds is 6. The number of anilines is 1. The summed E-state index contributed by atoms with van der Waals surface area (Å²) in [5.41, 5.74) is 1.53. The lowest BCUT2D eigenvalue weighted by molar-refractivity contribution is 0.418. The van der Waals surface area contributed by atoms with Crippen molar-refractivity contribution in [3.8, 4) is 0 Å². The van der Waals surface area contributed by atoms with Gasteiger partial charge in [0.05, 0.1) is 0 Å². The molecular weight excluding hydrogens is 234 g/mol. The van der Waals surface area contributed by atoms with Crippen LogP contribution in [0, 0.1) is 5.41 Å². The van der Waals surface area contributed by atoms with Crippen molar-refractivity contribution in [1.82, 2.24) is 10.3 Å². The topological polar surface area (TPSA) is 28.2 Å². The van der Waals surface area contributed by atoms with Crippen LogP contribution >= 0.6 is 0 Å². The van der Waals surface area contributed by atoms with Crippen LogP contribution in [0.1, 0.15) is 52.6 Å². The lowest BCUT2D eigenvalue weighted by Crippen LogP contribution is -2.29. The van der Waals surface area contributed by atoms with Crippen LogP contribution in [0.4, 0.5) is 5.82 Å². The number of nitrogens with zero attached hydrogens (tertiary/aromatic N) is 2. The summed E-state index contributed by atoms with van der Waals surface area (Å²) in [6.07, 6.45) is 3.14. The highest BCUT2D eigenvalue weighted by Crippen LogP contribution is 2.20. The predicted octanol–water partition coefficient (Wildman–Crippen LogP) is 3.62. The van der Waals surface area contributed by atoms with E-state index in [9.17, 15) is 0 Å². The molecule has 0 spiro atoms. The number of aromatic nitrogens is 1. The van der Waals surface area contributed by atoms with Crippen LogP contribution in [-0.2, 0) is 0 Å². The van der Waals surface area contributed by atoms with E-state index < -0.39 is 0 Å². The van der Waals surface area contributed by atoms with Crippen LogP contribution in [0.3, 0.4) is 0 Å². The summed E-state index contributed by atoms with van der Waals surface area (Å²) >= 11 is 0. The van der Waals surface area contributed by atoms with E-state index in [2.05, 4.69) is 69.0 Å². The second kappa shape index (κ2) is 6.90. The largest absolute Gasteiger partial charge is 0.359 e. The summed E-state index contributed by atoms with van der Waals surface area (Å²) in [7, 11) is 2.10. The van der Waals surface area contributed by atoms with Crippen molar-refractivity contribution in [3.63, 3.8) is 0 Å². The molecule has 0 amide bonds. The Morgan fingerprint density at radius 1 is 1.32 bits per heavy atom. The molecule has 108 valence electrons. The minimum atomic E-state index is 0.283. The summed E-state index contributed by atoms with van der Waals surface area (Å²) in [5, 5.41) is 3.48. The maximum Gasteiger partial charge on any atom is 0.128 e. The fourth-order valence-corrected chi connectivity index (χ4v) is 2.15. The van der Waals surface area contributed by atoms with Crippen molar-refractivity contribution in [3.05, 3.63) is 23.9 Å². The molecule has 1 aromatic rings. The van der Waals surface area contributed by atoms with Gasteiger partial charge in [-0.3, -0.25) is 0 Å². The van der Waals surface area contributed by atoms with Gasteiger partial charge in [-0.15, -0.1) is 0 Å². The summed E-state index contributed by atoms with van der Waals surface area (Å²) in [4.78, 5) is 6.79. The van der Waals surface area contributed by atoms with E-state index in [1.54, 1.807) is 0 Å². The Labute approximate surface area is 118 Å². The van der Waals surface area contributed by atoms with Gasteiger partial charge in [0.15, 0.2) is 0 Å². The van der Waals surface area contributed by atoms with Gasteiger partial charge in [0, 0.05) is 25.8 Å². The molecule has 0 bridgehead atoms. The molecule has 3 nitrogen and oxygen atoms in total. The molecule has 0 aliphatic carbocycles. The molecule has 1 unspecified atom stereocenters. The lowest BCUT2D eigenvalue weighted by atomic mass is 9.96. The molecule has 0 aliphatic heterocycles. The van der Waals surface area contributed by atoms with Crippen molar-refractivity contribution in [2.45, 2.75) is 47.1 Å². The highest BCUT2D eigenvalue weighted by atomic mass is 15.2. The van der Waals surface area contributed by atoms with Crippen molar-refractivity contribution in [2.75, 3.05) is 25.0 Å². The summed E-state index contributed by atoms with van der Waals surface area (Å²) in [5.74, 6) is 1.04. The zero-order valence-electron chi connectivity index (χ0n) is 13.3. The Bertz CT molecular complexity index is 365. The minimum absolute atomic E-state index is 0.283. The molecule has 1 N–H and O–H groups in total. The van der Waals surface area contributed by atoms with Crippen LogP contribution in [-0.4, -0.2) is 25.1 Å². The molecule has 1 rings (SSSR count). The van der Waals surface area contributed by atoms with E-state index in [0.717, 1.165) is 25.3 Å². The first-order chi connectivity index (χ1) is 8.83. The van der Waals surface area contributed by atoms with Gasteiger partial charge in [-0.05, 0) is 36.9 Å². The zero-order valence-corrected chi connectivity index (χ0v) is 13.3. The first-order valence-electron chi connectivity index (χ1n) is 7.24. The summed E-state index contributed by atoms with van der Waals surface area (Å²) < 4.78 is 0. The Kier molecular flexibility index (Phi) is 5.80. The van der Waals surface area contributed by atoms with Crippen molar-refractivity contribution in [2.24, 2.45) is 5.41 Å². The maximum absolute atomic E-state index is 4.58. The van der Waals surface area contributed by atoms with Gasteiger partial charge in [0.2, 0.25) is 0 Å². The first kappa shape index (κ1) is 16.0. The predicted molar refractivity (Wildman–Crippen MR) is 83.7 cm³/mol. The minimum Gasteiger partial charge on any atom is -0.359 e. The third-order valence-electron chi connectivity index (χ3n) is 3.07. The molecule has 0 saturated carbocycles. The molecule has 0 saturated heterocycles.